The molecule has 0 saturated heterocycles. The molecule has 136 valence electrons. The molecule has 1 aliphatic heterocycles. The highest BCUT2D eigenvalue weighted by Crippen LogP contribution is 2.34. The number of carbonyl (C=O) groups is 1. The zero-order valence-corrected chi connectivity index (χ0v) is 14.8. The van der Waals surface area contributed by atoms with Crippen molar-refractivity contribution in [2.45, 2.75) is 13.0 Å². The number of carbonyl (C=O) groups excluding carboxylic acids is 1. The molecule has 1 amide bonds. The standard InChI is InChI=1S/C21H19N3O3/c1-14(15-5-3-2-4-6-15)23-21(25)16-9-10-22-20(11-16)24-17-7-8-18-19(12-17)27-13-26-18/h2-12,14H,13H2,1H3,(H,22,24)(H,23,25). The van der Waals surface area contributed by atoms with Gasteiger partial charge in [-0.05, 0) is 36.8 Å². The fraction of sp³-hybridized carbons (Fsp3) is 0.143. The van der Waals surface area contributed by atoms with Crippen LogP contribution in [0.2, 0.25) is 0 Å². The van der Waals surface area contributed by atoms with Crippen LogP contribution in [0.5, 0.6) is 11.5 Å². The number of fused-ring (bicyclic) bond motifs is 1. The number of benzene rings is 2. The Morgan fingerprint density at radius 1 is 1.04 bits per heavy atom. The number of amides is 1. The zero-order chi connectivity index (χ0) is 18.6. The molecule has 0 radical (unpaired) electrons. The Kier molecular flexibility index (Phi) is 4.61. The lowest BCUT2D eigenvalue weighted by Gasteiger charge is -2.15. The van der Waals surface area contributed by atoms with E-state index in [0.29, 0.717) is 17.1 Å². The van der Waals surface area contributed by atoms with E-state index in [4.69, 9.17) is 9.47 Å². The van der Waals surface area contributed by atoms with Gasteiger partial charge in [0.2, 0.25) is 6.79 Å². The third-order valence-electron chi connectivity index (χ3n) is 4.31. The molecule has 0 fully saturated rings. The van der Waals surface area contributed by atoms with E-state index in [1.165, 1.54) is 0 Å². The Bertz CT molecular complexity index is 960. The minimum absolute atomic E-state index is 0.0860. The molecule has 2 heterocycles. The summed E-state index contributed by atoms with van der Waals surface area (Å²) < 4.78 is 10.7. The van der Waals surface area contributed by atoms with Gasteiger partial charge in [0.1, 0.15) is 5.82 Å². The van der Waals surface area contributed by atoms with E-state index in [2.05, 4.69) is 15.6 Å². The molecule has 2 aromatic carbocycles. The van der Waals surface area contributed by atoms with Crippen molar-refractivity contribution >= 4 is 17.4 Å². The van der Waals surface area contributed by atoms with Gasteiger partial charge in [0.25, 0.3) is 5.91 Å². The van der Waals surface area contributed by atoms with Crippen LogP contribution in [0.15, 0.2) is 66.9 Å². The number of hydrogen-bond acceptors (Lipinski definition) is 5. The summed E-state index contributed by atoms with van der Waals surface area (Å²) in [6.07, 6.45) is 1.61. The van der Waals surface area contributed by atoms with Gasteiger partial charge in [0, 0.05) is 23.5 Å². The normalized spacial score (nSPS) is 13.1. The molecule has 0 bridgehead atoms. The van der Waals surface area contributed by atoms with Gasteiger partial charge in [-0.2, -0.15) is 0 Å². The van der Waals surface area contributed by atoms with Crippen LogP contribution in [0.1, 0.15) is 28.9 Å². The summed E-state index contributed by atoms with van der Waals surface area (Å²) in [4.78, 5) is 16.9. The molecule has 1 atom stereocenters. The van der Waals surface area contributed by atoms with Gasteiger partial charge in [-0.15, -0.1) is 0 Å². The van der Waals surface area contributed by atoms with Gasteiger partial charge in [0.15, 0.2) is 11.5 Å². The lowest BCUT2D eigenvalue weighted by Crippen LogP contribution is -2.26. The van der Waals surface area contributed by atoms with Gasteiger partial charge in [0.05, 0.1) is 6.04 Å². The van der Waals surface area contributed by atoms with Crippen LogP contribution < -0.4 is 20.1 Å². The predicted octanol–water partition coefficient (Wildman–Crippen LogP) is 4.04. The van der Waals surface area contributed by atoms with Gasteiger partial charge >= 0.3 is 0 Å². The first kappa shape index (κ1) is 16.9. The molecule has 1 unspecified atom stereocenters. The van der Waals surface area contributed by atoms with Gasteiger partial charge in [-0.1, -0.05) is 30.3 Å². The number of aromatic nitrogens is 1. The Morgan fingerprint density at radius 2 is 1.85 bits per heavy atom. The van der Waals surface area contributed by atoms with Crippen LogP contribution in [-0.4, -0.2) is 17.7 Å². The highest BCUT2D eigenvalue weighted by Gasteiger charge is 2.14. The summed E-state index contributed by atoms with van der Waals surface area (Å²) in [6.45, 7) is 2.19. The second-order valence-electron chi connectivity index (χ2n) is 6.23. The minimum atomic E-state index is -0.150. The van der Waals surface area contributed by atoms with E-state index >= 15 is 0 Å². The SMILES string of the molecule is CC(NC(=O)c1ccnc(Nc2ccc3c(c2)OCO3)c1)c1ccccc1. The zero-order valence-electron chi connectivity index (χ0n) is 14.8. The molecule has 27 heavy (non-hydrogen) atoms. The first-order valence-electron chi connectivity index (χ1n) is 8.67. The van der Waals surface area contributed by atoms with Crippen LogP contribution in [0.25, 0.3) is 0 Å². The summed E-state index contributed by atoms with van der Waals surface area (Å²) >= 11 is 0. The van der Waals surface area contributed by atoms with Crippen LogP contribution in [-0.2, 0) is 0 Å². The second-order valence-corrected chi connectivity index (χ2v) is 6.23. The average molecular weight is 361 g/mol. The van der Waals surface area contributed by atoms with Crippen LogP contribution in [0.4, 0.5) is 11.5 Å². The molecule has 2 N–H and O–H groups in total. The predicted molar refractivity (Wildman–Crippen MR) is 102 cm³/mol. The van der Waals surface area contributed by atoms with Crippen LogP contribution >= 0.6 is 0 Å². The topological polar surface area (TPSA) is 72.5 Å². The van der Waals surface area contributed by atoms with Crippen molar-refractivity contribution in [1.82, 2.24) is 10.3 Å². The number of pyridine rings is 1. The molecule has 0 saturated carbocycles. The van der Waals surface area contributed by atoms with Gasteiger partial charge < -0.3 is 20.1 Å². The third-order valence-corrected chi connectivity index (χ3v) is 4.31. The number of anilines is 2. The summed E-state index contributed by atoms with van der Waals surface area (Å²) in [5.41, 5.74) is 2.40. The van der Waals surface area contributed by atoms with Crippen molar-refractivity contribution in [3.05, 3.63) is 78.0 Å². The molecule has 4 rings (SSSR count). The van der Waals surface area contributed by atoms with E-state index in [1.807, 2.05) is 55.5 Å². The lowest BCUT2D eigenvalue weighted by molar-refractivity contribution is 0.0940. The van der Waals surface area contributed by atoms with E-state index in [1.54, 1.807) is 18.3 Å². The summed E-state index contributed by atoms with van der Waals surface area (Å²) in [5.74, 6) is 1.83. The molecule has 1 aromatic heterocycles. The maximum absolute atomic E-state index is 12.6. The molecule has 0 spiro atoms. The molecule has 1 aliphatic rings. The summed E-state index contributed by atoms with van der Waals surface area (Å²) in [7, 11) is 0. The number of ether oxygens (including phenoxy) is 2. The minimum Gasteiger partial charge on any atom is -0.454 e. The number of nitrogens with one attached hydrogen (secondary N) is 2. The first-order chi connectivity index (χ1) is 13.2. The summed E-state index contributed by atoms with van der Waals surface area (Å²) in [5, 5.41) is 6.19. The van der Waals surface area contributed by atoms with Crippen molar-refractivity contribution < 1.29 is 14.3 Å². The number of nitrogens with zero attached hydrogens (tertiary/aromatic N) is 1. The van der Waals surface area contributed by atoms with E-state index in [9.17, 15) is 4.79 Å². The van der Waals surface area contributed by atoms with Crippen molar-refractivity contribution in [3.8, 4) is 11.5 Å². The van der Waals surface area contributed by atoms with Crippen molar-refractivity contribution in [2.75, 3.05) is 12.1 Å². The molecule has 6 nitrogen and oxygen atoms in total. The van der Waals surface area contributed by atoms with Crippen LogP contribution in [0.3, 0.4) is 0 Å². The molecular formula is C21H19N3O3. The Balaban J connectivity index is 1.46. The van der Waals surface area contributed by atoms with Crippen molar-refractivity contribution in [2.24, 2.45) is 0 Å². The van der Waals surface area contributed by atoms with Gasteiger partial charge in [-0.3, -0.25) is 4.79 Å². The summed E-state index contributed by atoms with van der Waals surface area (Å²) in [6, 6.07) is 18.7. The average Bonchev–Trinajstić information content (AvgIpc) is 3.16. The largest absolute Gasteiger partial charge is 0.454 e. The van der Waals surface area contributed by atoms with E-state index in [-0.39, 0.29) is 18.7 Å². The quantitative estimate of drug-likeness (QED) is 0.717. The third kappa shape index (κ3) is 3.84. The highest BCUT2D eigenvalue weighted by molar-refractivity contribution is 5.95. The Morgan fingerprint density at radius 3 is 2.70 bits per heavy atom. The van der Waals surface area contributed by atoms with Crippen molar-refractivity contribution in [3.63, 3.8) is 0 Å². The highest BCUT2D eigenvalue weighted by atomic mass is 16.7. The maximum atomic E-state index is 12.6. The lowest BCUT2D eigenvalue weighted by atomic mass is 10.1. The monoisotopic (exact) mass is 361 g/mol. The molecular weight excluding hydrogens is 342 g/mol. The number of hydrogen-bond donors (Lipinski definition) is 2. The van der Waals surface area contributed by atoms with E-state index < -0.39 is 0 Å². The molecule has 3 aromatic rings. The van der Waals surface area contributed by atoms with Gasteiger partial charge in [-0.25, -0.2) is 4.98 Å². The van der Waals surface area contributed by atoms with Crippen molar-refractivity contribution in [1.29, 1.82) is 0 Å². The van der Waals surface area contributed by atoms with E-state index in [0.717, 1.165) is 17.0 Å². The Hall–Kier alpha value is -3.54. The fourth-order valence-electron chi connectivity index (χ4n) is 2.87. The smallest absolute Gasteiger partial charge is 0.251 e. The number of rotatable bonds is 5. The second kappa shape index (κ2) is 7.37. The molecule has 0 aliphatic carbocycles. The Labute approximate surface area is 157 Å². The van der Waals surface area contributed by atoms with Crippen LogP contribution in [0, 0.1) is 0 Å². The first-order valence-corrected chi connectivity index (χ1v) is 8.67. The molecule has 6 heteroatoms. The fourth-order valence-corrected chi connectivity index (χ4v) is 2.87. The maximum Gasteiger partial charge on any atom is 0.251 e.